The van der Waals surface area contributed by atoms with Gasteiger partial charge in [-0.05, 0) is 48.6 Å². The lowest BCUT2D eigenvalue weighted by atomic mass is 10.2. The zero-order chi connectivity index (χ0) is 21.3. The molecule has 2 aromatic carbocycles. The number of nitrogens with one attached hydrogen (secondary N) is 1. The summed E-state index contributed by atoms with van der Waals surface area (Å²) in [6.45, 7) is 0. The lowest BCUT2D eigenvalue weighted by molar-refractivity contribution is -0.137. The second kappa shape index (κ2) is 7.80. The van der Waals surface area contributed by atoms with Crippen LogP contribution in [0.3, 0.4) is 0 Å². The van der Waals surface area contributed by atoms with E-state index in [-0.39, 0.29) is 26.7 Å². The first-order chi connectivity index (χ1) is 13.6. The number of aromatic hydroxyl groups is 1. The average molecular weight is 444 g/mol. The first-order valence-electron chi connectivity index (χ1n) is 7.83. The zero-order valence-electron chi connectivity index (χ0n) is 14.2. The fourth-order valence-corrected chi connectivity index (χ4v) is 2.88. The predicted octanol–water partition coefficient (Wildman–Crippen LogP) is 5.16. The van der Waals surface area contributed by atoms with Crippen LogP contribution in [-0.4, -0.2) is 20.9 Å². The van der Waals surface area contributed by atoms with E-state index in [0.717, 1.165) is 35.0 Å². The van der Waals surface area contributed by atoms with Crippen molar-refractivity contribution in [2.24, 2.45) is 4.99 Å². The van der Waals surface area contributed by atoms with Crippen LogP contribution < -0.4 is 5.56 Å². The number of benzene rings is 2. The SMILES string of the molecule is O=c1[nH]c(=S)n(-c2ccc(F)c(Cl)c2)c(O)c1C=Nc1cccc(C(F)(F)F)c1. The minimum atomic E-state index is -4.56. The van der Waals surface area contributed by atoms with Crippen molar-refractivity contribution in [1.82, 2.24) is 9.55 Å². The largest absolute Gasteiger partial charge is 0.494 e. The molecule has 0 amide bonds. The van der Waals surface area contributed by atoms with E-state index in [1.165, 1.54) is 18.2 Å². The van der Waals surface area contributed by atoms with Crippen LogP contribution in [0.5, 0.6) is 5.88 Å². The van der Waals surface area contributed by atoms with Crippen molar-refractivity contribution >= 4 is 35.7 Å². The molecular formula is C18H10ClF4N3O2S. The maximum absolute atomic E-state index is 13.4. The Morgan fingerprint density at radius 2 is 1.93 bits per heavy atom. The standard InChI is InChI=1S/C18H10ClF4N3O2S/c19-13-7-11(4-5-14(13)20)26-16(28)12(15(27)25-17(26)29)8-24-10-3-1-2-9(6-10)18(21,22)23/h1-8,28H,(H,25,27,29). The highest BCUT2D eigenvalue weighted by Gasteiger charge is 2.30. The molecule has 150 valence electrons. The van der Waals surface area contributed by atoms with Gasteiger partial charge in [-0.1, -0.05) is 17.7 Å². The van der Waals surface area contributed by atoms with Gasteiger partial charge < -0.3 is 5.11 Å². The molecule has 0 spiro atoms. The molecule has 0 aliphatic heterocycles. The Morgan fingerprint density at radius 1 is 1.21 bits per heavy atom. The number of halogens is 5. The van der Waals surface area contributed by atoms with E-state index >= 15 is 0 Å². The smallest absolute Gasteiger partial charge is 0.416 e. The summed E-state index contributed by atoms with van der Waals surface area (Å²) in [5, 5.41) is 10.3. The number of alkyl halides is 3. The third-order valence-corrected chi connectivity index (χ3v) is 4.37. The number of rotatable bonds is 3. The number of H-pyrrole nitrogens is 1. The average Bonchev–Trinajstić information content (AvgIpc) is 2.63. The Hall–Kier alpha value is -2.98. The van der Waals surface area contributed by atoms with Gasteiger partial charge in [-0.2, -0.15) is 13.2 Å². The van der Waals surface area contributed by atoms with Crippen LogP contribution in [0.1, 0.15) is 11.1 Å². The normalized spacial score (nSPS) is 11.9. The molecule has 11 heteroatoms. The van der Waals surface area contributed by atoms with Crippen molar-refractivity contribution in [2.45, 2.75) is 6.18 Å². The minimum absolute atomic E-state index is 0.0857. The first kappa shape index (κ1) is 20.7. The lowest BCUT2D eigenvalue weighted by Crippen LogP contribution is -2.18. The van der Waals surface area contributed by atoms with Crippen LogP contribution in [-0.2, 0) is 6.18 Å². The molecule has 0 saturated heterocycles. The molecule has 29 heavy (non-hydrogen) atoms. The molecular weight excluding hydrogens is 434 g/mol. The van der Waals surface area contributed by atoms with Gasteiger partial charge in [0.05, 0.1) is 22.0 Å². The summed E-state index contributed by atoms with van der Waals surface area (Å²) in [6.07, 6.45) is -3.65. The highest BCUT2D eigenvalue weighted by Crippen LogP contribution is 2.31. The van der Waals surface area contributed by atoms with Crippen molar-refractivity contribution in [3.8, 4) is 11.6 Å². The van der Waals surface area contributed by atoms with Gasteiger partial charge in [0.2, 0.25) is 5.88 Å². The van der Waals surface area contributed by atoms with Gasteiger partial charge >= 0.3 is 6.18 Å². The van der Waals surface area contributed by atoms with Gasteiger partial charge in [0.25, 0.3) is 5.56 Å². The van der Waals surface area contributed by atoms with E-state index < -0.39 is 29.0 Å². The quantitative estimate of drug-likeness (QED) is 0.333. The maximum Gasteiger partial charge on any atom is 0.416 e. The molecule has 2 N–H and O–H groups in total. The van der Waals surface area contributed by atoms with Crippen molar-refractivity contribution in [3.63, 3.8) is 0 Å². The van der Waals surface area contributed by atoms with Crippen LogP contribution in [0.15, 0.2) is 52.3 Å². The molecule has 0 aliphatic carbocycles. The molecule has 0 saturated carbocycles. The third-order valence-electron chi connectivity index (χ3n) is 3.80. The highest BCUT2D eigenvalue weighted by molar-refractivity contribution is 7.71. The second-order valence-electron chi connectivity index (χ2n) is 5.74. The second-order valence-corrected chi connectivity index (χ2v) is 6.53. The van der Waals surface area contributed by atoms with E-state index in [9.17, 15) is 27.5 Å². The van der Waals surface area contributed by atoms with Crippen LogP contribution >= 0.6 is 23.8 Å². The molecule has 0 unspecified atom stereocenters. The van der Waals surface area contributed by atoms with Gasteiger partial charge in [0.15, 0.2) is 4.77 Å². The molecule has 0 radical (unpaired) electrons. The maximum atomic E-state index is 13.4. The molecule has 0 atom stereocenters. The highest BCUT2D eigenvalue weighted by atomic mass is 35.5. The van der Waals surface area contributed by atoms with Gasteiger partial charge in [0.1, 0.15) is 11.4 Å². The third kappa shape index (κ3) is 4.38. The summed E-state index contributed by atoms with van der Waals surface area (Å²) in [6, 6.07) is 7.61. The van der Waals surface area contributed by atoms with Crippen molar-refractivity contribution < 1.29 is 22.7 Å². The van der Waals surface area contributed by atoms with Gasteiger partial charge in [-0.3, -0.25) is 19.3 Å². The first-order valence-corrected chi connectivity index (χ1v) is 8.61. The fourth-order valence-electron chi connectivity index (χ4n) is 2.42. The summed E-state index contributed by atoms with van der Waals surface area (Å²) in [5.74, 6) is -1.34. The summed E-state index contributed by atoms with van der Waals surface area (Å²) in [4.78, 5) is 18.3. The number of nitrogens with zero attached hydrogens (tertiary/aromatic N) is 2. The monoisotopic (exact) mass is 443 g/mol. The summed E-state index contributed by atoms with van der Waals surface area (Å²) >= 11 is 10.8. The van der Waals surface area contributed by atoms with Gasteiger partial charge in [-0.15, -0.1) is 0 Å². The van der Waals surface area contributed by atoms with Gasteiger partial charge in [0, 0.05) is 6.21 Å². The molecule has 3 rings (SSSR count). The van der Waals surface area contributed by atoms with Crippen LogP contribution in [0, 0.1) is 10.6 Å². The number of hydrogen-bond donors (Lipinski definition) is 2. The Labute approximate surface area is 170 Å². The molecule has 1 aromatic heterocycles. The van der Waals surface area contributed by atoms with Crippen molar-refractivity contribution in [3.05, 3.63) is 79.6 Å². The molecule has 5 nitrogen and oxygen atoms in total. The minimum Gasteiger partial charge on any atom is -0.494 e. The number of hydrogen-bond acceptors (Lipinski definition) is 4. The van der Waals surface area contributed by atoms with Crippen LogP contribution in [0.4, 0.5) is 23.2 Å². The van der Waals surface area contributed by atoms with E-state index in [1.54, 1.807) is 0 Å². The van der Waals surface area contributed by atoms with Crippen molar-refractivity contribution in [2.75, 3.05) is 0 Å². The lowest BCUT2D eigenvalue weighted by Gasteiger charge is -2.11. The summed E-state index contributed by atoms with van der Waals surface area (Å²) in [5.41, 5.74) is -2.02. The predicted molar refractivity (Wildman–Crippen MR) is 103 cm³/mol. The Bertz CT molecular complexity index is 1230. The Kier molecular flexibility index (Phi) is 5.58. The Balaban J connectivity index is 2.09. The number of aliphatic imine (C=N–C) groups is 1. The number of aromatic amines is 1. The zero-order valence-corrected chi connectivity index (χ0v) is 15.7. The summed E-state index contributed by atoms with van der Waals surface area (Å²) in [7, 11) is 0. The topological polar surface area (TPSA) is 70.4 Å². The molecule has 0 fully saturated rings. The molecule has 0 aliphatic rings. The molecule has 0 bridgehead atoms. The van der Waals surface area contributed by atoms with Crippen molar-refractivity contribution in [1.29, 1.82) is 0 Å². The Morgan fingerprint density at radius 3 is 2.59 bits per heavy atom. The van der Waals surface area contributed by atoms with Crippen LogP contribution in [0.2, 0.25) is 5.02 Å². The number of aromatic nitrogens is 2. The van der Waals surface area contributed by atoms with E-state index in [1.807, 2.05) is 0 Å². The van der Waals surface area contributed by atoms with E-state index in [0.29, 0.717) is 0 Å². The van der Waals surface area contributed by atoms with Crippen LogP contribution in [0.25, 0.3) is 5.69 Å². The van der Waals surface area contributed by atoms with Gasteiger partial charge in [-0.25, -0.2) is 4.39 Å². The van der Waals surface area contributed by atoms with E-state index in [4.69, 9.17) is 23.8 Å². The molecule has 1 heterocycles. The fraction of sp³-hybridized carbons (Fsp3) is 0.0556. The molecule has 3 aromatic rings. The summed E-state index contributed by atoms with van der Waals surface area (Å²) < 4.78 is 52.6. The van der Waals surface area contributed by atoms with E-state index in [2.05, 4.69) is 9.98 Å².